The number of rotatable bonds is 3. The smallest absolute Gasteiger partial charge is 0.0433 e. The predicted molar refractivity (Wildman–Crippen MR) is 106 cm³/mol. The Balaban J connectivity index is 0.000000430. The van der Waals surface area contributed by atoms with Crippen molar-refractivity contribution in [1.82, 2.24) is 0 Å². The van der Waals surface area contributed by atoms with Crippen LogP contribution in [0.5, 0.6) is 0 Å². The molecule has 4 heteroatoms. The van der Waals surface area contributed by atoms with Crippen LogP contribution in [0.1, 0.15) is 26.2 Å². The van der Waals surface area contributed by atoms with Gasteiger partial charge in [-0.25, -0.2) is 11.6 Å². The second kappa shape index (κ2) is 15.1. The third-order valence-electron chi connectivity index (χ3n) is 3.89. The average molecular weight is 479 g/mol. The molecule has 0 atom stereocenters. The van der Waals surface area contributed by atoms with Gasteiger partial charge in [-0.05, 0) is 6.42 Å². The summed E-state index contributed by atoms with van der Waals surface area (Å²) in [6.07, 6.45) is 10.2. The molecule has 0 heterocycles. The topological polar surface area (TPSA) is 20.2 Å². The predicted octanol–water partition coefficient (Wildman–Crippen LogP) is -0.476. The number of hydrogen-bond donors (Lipinski definition) is 1. The molecular weight excluding hydrogens is 454 g/mol. The number of hydrogen-bond acceptors (Lipinski definition) is 1. The van der Waals surface area contributed by atoms with Crippen molar-refractivity contribution >= 4 is 25.3 Å². The summed E-state index contributed by atoms with van der Waals surface area (Å²) in [6, 6.07) is 19.3. The Morgan fingerprint density at radius 2 is 1.56 bits per heavy atom. The fraction of sp³-hybridized carbons (Fsp3) is 0.217. The van der Waals surface area contributed by atoms with Gasteiger partial charge in [0.25, 0.3) is 0 Å². The first-order chi connectivity index (χ1) is 12.3. The Labute approximate surface area is 189 Å². The second-order valence-corrected chi connectivity index (χ2v) is 7.16. The molecule has 0 radical (unpaired) electrons. The van der Waals surface area contributed by atoms with Crippen molar-refractivity contribution in [2.24, 2.45) is 0 Å². The molecule has 1 aliphatic rings. The van der Waals surface area contributed by atoms with E-state index in [1.165, 1.54) is 51.4 Å². The third-order valence-corrected chi connectivity index (χ3v) is 3.89. The zero-order valence-electron chi connectivity index (χ0n) is 15.5. The molecule has 142 valence electrons. The van der Waals surface area contributed by atoms with Gasteiger partial charge in [0.05, 0.1) is 0 Å². The van der Waals surface area contributed by atoms with E-state index in [1.54, 1.807) is 0 Å². The first-order valence-corrected chi connectivity index (χ1v) is 10.1. The molecule has 3 aromatic carbocycles. The summed E-state index contributed by atoms with van der Waals surface area (Å²) >= 11 is 1.51. The molecule has 3 aromatic rings. The number of aliphatic hydroxyl groups is 1. The van der Waals surface area contributed by atoms with Gasteiger partial charge in [0.1, 0.15) is 0 Å². The standard InChI is InChI=1S/C13H9.C8H11O.C2H4.2ClH.Zr/c1-3-7-12-10(5-1)9-11-6-2-4-8-13(11)12;9-7-3-6-8-4-1-2-5-8;1-2;;;/h1-9H;1,4,9H,2-3,6-7H2;1H,2H3;2*1H;/q2*-1;;;;+2/p-2. The van der Waals surface area contributed by atoms with Gasteiger partial charge in [-0.3, -0.25) is 6.08 Å². The van der Waals surface area contributed by atoms with E-state index in [-0.39, 0.29) is 24.8 Å². The minimum absolute atomic E-state index is 0. The molecule has 0 aromatic heterocycles. The van der Waals surface area contributed by atoms with E-state index in [0.29, 0.717) is 6.61 Å². The molecular formula is C23H24Cl2OZr-2. The zero-order chi connectivity index (χ0) is 17.9. The summed E-state index contributed by atoms with van der Waals surface area (Å²) in [6.45, 7) is 2.33. The molecule has 1 aliphatic carbocycles. The second-order valence-electron chi connectivity index (χ2n) is 5.74. The molecule has 0 bridgehead atoms. The molecule has 0 unspecified atom stereocenters. The molecule has 0 fully saturated rings. The Morgan fingerprint density at radius 3 is 2.00 bits per heavy atom. The maximum absolute atomic E-state index is 8.46. The molecule has 1 N–H and O–H groups in total. The van der Waals surface area contributed by atoms with E-state index in [4.69, 9.17) is 5.11 Å². The van der Waals surface area contributed by atoms with Gasteiger partial charge in [-0.2, -0.15) is 6.08 Å². The summed E-state index contributed by atoms with van der Waals surface area (Å²) < 4.78 is 2.09. The van der Waals surface area contributed by atoms with Crippen LogP contribution in [0.2, 0.25) is 0 Å². The Morgan fingerprint density at radius 1 is 1.04 bits per heavy atom. The number of aliphatic hydroxyl groups excluding tert-OH is 1. The Hall–Kier alpha value is -0.917. The monoisotopic (exact) mass is 476 g/mol. The zero-order valence-corrected chi connectivity index (χ0v) is 19.4. The molecule has 0 amide bonds. The van der Waals surface area contributed by atoms with E-state index in [0.717, 1.165) is 19.3 Å². The largest absolute Gasteiger partial charge is 1.00 e. The fourth-order valence-corrected chi connectivity index (χ4v) is 2.80. The van der Waals surface area contributed by atoms with E-state index in [2.05, 4.69) is 76.5 Å². The van der Waals surface area contributed by atoms with Crippen LogP contribution in [0.25, 0.3) is 21.5 Å². The minimum Gasteiger partial charge on any atom is -1.00 e. The van der Waals surface area contributed by atoms with Gasteiger partial charge in [-0.1, -0.05) is 42.8 Å². The molecule has 27 heavy (non-hydrogen) atoms. The first-order valence-electron chi connectivity index (χ1n) is 8.65. The van der Waals surface area contributed by atoms with Gasteiger partial charge in [0.15, 0.2) is 0 Å². The Kier molecular flexibility index (Phi) is 14.5. The van der Waals surface area contributed by atoms with Crippen molar-refractivity contribution in [2.75, 3.05) is 6.61 Å². The first kappa shape index (κ1) is 26.1. The number of allylic oxidation sites excluding steroid dienone is 4. The SMILES string of the molecule is C[CH]=[Zr+2].OCCCC1=[C-]CC=C1.[Cl-].[Cl-].c1ccc2c(c1)[cH-]c1ccccc12. The molecule has 0 spiro atoms. The van der Waals surface area contributed by atoms with Crippen molar-refractivity contribution < 1.29 is 54.2 Å². The molecule has 0 saturated heterocycles. The average Bonchev–Trinajstić information content (AvgIpc) is 3.28. The molecule has 4 rings (SSSR count). The van der Waals surface area contributed by atoms with Crippen molar-refractivity contribution in [3.63, 3.8) is 0 Å². The van der Waals surface area contributed by atoms with E-state index >= 15 is 0 Å². The van der Waals surface area contributed by atoms with E-state index < -0.39 is 0 Å². The maximum atomic E-state index is 8.46. The quantitative estimate of drug-likeness (QED) is 0.505. The molecule has 0 saturated carbocycles. The Bertz CT molecular complexity index is 815. The van der Waals surface area contributed by atoms with E-state index in [1.807, 2.05) is 6.92 Å². The van der Waals surface area contributed by atoms with Crippen LogP contribution in [0.3, 0.4) is 0 Å². The van der Waals surface area contributed by atoms with Gasteiger partial charge in [0, 0.05) is 6.61 Å². The summed E-state index contributed by atoms with van der Waals surface area (Å²) in [5.74, 6) is 0. The van der Waals surface area contributed by atoms with Crippen LogP contribution in [0, 0.1) is 6.08 Å². The normalized spacial score (nSPS) is 11.3. The van der Waals surface area contributed by atoms with Gasteiger partial charge in [0.2, 0.25) is 0 Å². The molecule has 1 nitrogen and oxygen atoms in total. The maximum Gasteiger partial charge on any atom is 0.0433 e. The van der Waals surface area contributed by atoms with Crippen molar-refractivity contribution in [3.05, 3.63) is 78.4 Å². The van der Waals surface area contributed by atoms with Crippen LogP contribution >= 0.6 is 0 Å². The van der Waals surface area contributed by atoms with E-state index in [9.17, 15) is 0 Å². The van der Waals surface area contributed by atoms with Crippen LogP contribution in [0.4, 0.5) is 0 Å². The summed E-state index contributed by atoms with van der Waals surface area (Å²) in [7, 11) is 0. The fourth-order valence-electron chi connectivity index (χ4n) is 2.80. The number of benzene rings is 2. The van der Waals surface area contributed by atoms with Crippen LogP contribution in [-0.2, 0) is 24.2 Å². The van der Waals surface area contributed by atoms with Crippen molar-refractivity contribution in [1.29, 1.82) is 0 Å². The minimum atomic E-state index is 0. The van der Waals surface area contributed by atoms with Gasteiger partial charge >= 0.3 is 34.9 Å². The van der Waals surface area contributed by atoms with Crippen LogP contribution in [0.15, 0.2) is 72.3 Å². The van der Waals surface area contributed by atoms with Crippen LogP contribution in [-0.4, -0.2) is 15.4 Å². The summed E-state index contributed by atoms with van der Waals surface area (Å²) in [5.41, 5.74) is 1.25. The van der Waals surface area contributed by atoms with Crippen molar-refractivity contribution in [2.45, 2.75) is 26.2 Å². The number of fused-ring (bicyclic) bond motifs is 3. The summed E-state index contributed by atoms with van der Waals surface area (Å²) in [5, 5.41) is 13.9. The summed E-state index contributed by atoms with van der Waals surface area (Å²) in [4.78, 5) is 0. The van der Waals surface area contributed by atoms with Gasteiger partial charge < -0.3 is 29.9 Å². The number of halogens is 2. The third kappa shape index (κ3) is 8.32. The van der Waals surface area contributed by atoms with Crippen LogP contribution < -0.4 is 24.8 Å². The van der Waals surface area contributed by atoms with Crippen molar-refractivity contribution in [3.8, 4) is 0 Å². The molecule has 0 aliphatic heterocycles. The van der Waals surface area contributed by atoms with Gasteiger partial charge in [-0.15, -0.1) is 46.2 Å².